The van der Waals surface area contributed by atoms with Gasteiger partial charge in [0.2, 0.25) is 0 Å². The second kappa shape index (κ2) is 12.7. The fraction of sp³-hybridized carbons (Fsp3) is 0.944. The number of rotatable bonds is 11. The van der Waals surface area contributed by atoms with E-state index in [2.05, 4.69) is 64.1 Å². The zero-order valence-electron chi connectivity index (χ0n) is 16.1. The summed E-state index contributed by atoms with van der Waals surface area (Å²) in [4.78, 5) is 7.09. The molecule has 0 saturated heterocycles. The van der Waals surface area contributed by atoms with Crippen molar-refractivity contribution in [1.29, 1.82) is 0 Å². The number of aliphatic imine (C=N–C) groups is 1. The molecule has 0 rings (SSSR count). The third-order valence-electron chi connectivity index (χ3n) is 3.97. The summed E-state index contributed by atoms with van der Waals surface area (Å²) in [6.45, 7) is 16.4. The minimum absolute atomic E-state index is 0.479. The molecule has 1 atom stereocenters. The van der Waals surface area contributed by atoms with E-state index in [9.17, 15) is 0 Å². The Morgan fingerprint density at radius 1 is 1.05 bits per heavy atom. The third kappa shape index (κ3) is 11.8. The first-order chi connectivity index (χ1) is 10.4. The summed E-state index contributed by atoms with van der Waals surface area (Å²) in [5.41, 5.74) is 0. The number of hydrogen-bond acceptors (Lipinski definition) is 2. The summed E-state index contributed by atoms with van der Waals surface area (Å²) in [6, 6.07) is 1.11. The highest BCUT2D eigenvalue weighted by molar-refractivity contribution is 5.79. The van der Waals surface area contributed by atoms with Crippen molar-refractivity contribution >= 4 is 5.96 Å². The van der Waals surface area contributed by atoms with E-state index in [1.807, 2.05) is 0 Å². The van der Waals surface area contributed by atoms with E-state index in [0.717, 1.165) is 37.9 Å². The number of nitrogens with one attached hydrogen (secondary N) is 2. The summed E-state index contributed by atoms with van der Waals surface area (Å²) in [6.07, 6.45) is 4.81. The molecule has 0 aromatic carbocycles. The number of nitrogens with zero attached hydrogens (tertiary/aromatic N) is 2. The van der Waals surface area contributed by atoms with Crippen LogP contribution in [-0.4, -0.2) is 49.6 Å². The Bertz CT molecular complexity index is 287. The first-order valence-corrected chi connectivity index (χ1v) is 9.11. The molecule has 2 N–H and O–H groups in total. The molecule has 1 unspecified atom stereocenters. The fourth-order valence-corrected chi connectivity index (χ4v) is 2.13. The smallest absolute Gasteiger partial charge is 0.191 e. The van der Waals surface area contributed by atoms with Crippen molar-refractivity contribution in [2.24, 2.45) is 10.9 Å². The molecule has 0 aromatic rings. The SMILES string of the molecule is CCNC(=NCCCCN(C)C(C)C)NC(C)CCC(C)C. The van der Waals surface area contributed by atoms with Crippen LogP contribution in [0.15, 0.2) is 4.99 Å². The fourth-order valence-electron chi connectivity index (χ4n) is 2.13. The molecular formula is C18H40N4. The van der Waals surface area contributed by atoms with Gasteiger partial charge in [0.15, 0.2) is 5.96 Å². The van der Waals surface area contributed by atoms with Gasteiger partial charge in [-0.05, 0) is 72.9 Å². The summed E-state index contributed by atoms with van der Waals surface area (Å²) < 4.78 is 0. The summed E-state index contributed by atoms with van der Waals surface area (Å²) >= 11 is 0. The highest BCUT2D eigenvalue weighted by Gasteiger charge is 2.06. The quantitative estimate of drug-likeness (QED) is 0.348. The predicted octanol–water partition coefficient (Wildman–Crippen LogP) is 3.49. The standard InChI is InChI=1S/C18H40N4/c1-8-19-18(21-17(6)12-11-15(2)3)20-13-9-10-14-22(7)16(4)5/h15-17H,8-14H2,1-7H3,(H2,19,20,21). The lowest BCUT2D eigenvalue weighted by atomic mass is 10.0. The van der Waals surface area contributed by atoms with E-state index in [-0.39, 0.29) is 0 Å². The lowest BCUT2D eigenvalue weighted by Crippen LogP contribution is -2.42. The first kappa shape index (κ1) is 21.2. The summed E-state index contributed by atoms with van der Waals surface area (Å²) in [7, 11) is 2.19. The molecule has 0 radical (unpaired) electrons. The molecule has 0 bridgehead atoms. The van der Waals surface area contributed by atoms with Gasteiger partial charge in [-0.15, -0.1) is 0 Å². The molecule has 0 aliphatic rings. The van der Waals surface area contributed by atoms with Gasteiger partial charge in [0.05, 0.1) is 0 Å². The van der Waals surface area contributed by atoms with Crippen LogP contribution in [0.2, 0.25) is 0 Å². The topological polar surface area (TPSA) is 39.7 Å². The molecule has 4 heteroatoms. The zero-order valence-corrected chi connectivity index (χ0v) is 16.1. The average molecular weight is 313 g/mol. The van der Waals surface area contributed by atoms with Crippen LogP contribution in [-0.2, 0) is 0 Å². The van der Waals surface area contributed by atoms with Crippen LogP contribution < -0.4 is 10.6 Å². The van der Waals surface area contributed by atoms with E-state index in [1.54, 1.807) is 0 Å². The van der Waals surface area contributed by atoms with Crippen molar-refractivity contribution in [1.82, 2.24) is 15.5 Å². The predicted molar refractivity (Wildman–Crippen MR) is 99.6 cm³/mol. The van der Waals surface area contributed by atoms with Gasteiger partial charge >= 0.3 is 0 Å². The highest BCUT2D eigenvalue weighted by Crippen LogP contribution is 2.06. The van der Waals surface area contributed by atoms with Crippen LogP contribution in [0.4, 0.5) is 0 Å². The van der Waals surface area contributed by atoms with Gasteiger partial charge in [-0.2, -0.15) is 0 Å². The number of guanidine groups is 1. The molecule has 22 heavy (non-hydrogen) atoms. The minimum atomic E-state index is 0.479. The lowest BCUT2D eigenvalue weighted by molar-refractivity contribution is 0.269. The molecular weight excluding hydrogens is 272 g/mol. The summed E-state index contributed by atoms with van der Waals surface area (Å²) in [5.74, 6) is 1.73. The van der Waals surface area contributed by atoms with Crippen molar-refractivity contribution in [3.8, 4) is 0 Å². The van der Waals surface area contributed by atoms with Crippen LogP contribution in [0.3, 0.4) is 0 Å². The van der Waals surface area contributed by atoms with Crippen molar-refractivity contribution in [2.75, 3.05) is 26.7 Å². The Hall–Kier alpha value is -0.770. The monoisotopic (exact) mass is 312 g/mol. The molecule has 0 aliphatic heterocycles. The third-order valence-corrected chi connectivity index (χ3v) is 3.97. The van der Waals surface area contributed by atoms with E-state index >= 15 is 0 Å². The van der Waals surface area contributed by atoms with Gasteiger partial charge in [-0.3, -0.25) is 4.99 Å². The largest absolute Gasteiger partial charge is 0.357 e. The Kier molecular flexibility index (Phi) is 12.3. The second-order valence-electron chi connectivity index (χ2n) is 7.06. The maximum Gasteiger partial charge on any atom is 0.191 e. The normalized spacial score (nSPS) is 14.0. The molecule has 0 fully saturated rings. The van der Waals surface area contributed by atoms with Crippen molar-refractivity contribution < 1.29 is 0 Å². The Morgan fingerprint density at radius 2 is 1.73 bits per heavy atom. The van der Waals surface area contributed by atoms with Gasteiger partial charge < -0.3 is 15.5 Å². The van der Waals surface area contributed by atoms with Crippen molar-refractivity contribution in [3.05, 3.63) is 0 Å². The molecule has 0 aromatic heterocycles. The van der Waals surface area contributed by atoms with Crippen LogP contribution in [0.5, 0.6) is 0 Å². The Labute approximate surface area is 139 Å². The minimum Gasteiger partial charge on any atom is -0.357 e. The summed E-state index contributed by atoms with van der Waals surface area (Å²) in [5, 5.41) is 6.87. The van der Waals surface area contributed by atoms with Crippen LogP contribution in [0.1, 0.15) is 67.2 Å². The average Bonchev–Trinajstić information content (AvgIpc) is 2.44. The second-order valence-corrected chi connectivity index (χ2v) is 7.06. The van der Waals surface area contributed by atoms with Crippen LogP contribution in [0.25, 0.3) is 0 Å². The highest BCUT2D eigenvalue weighted by atomic mass is 15.2. The van der Waals surface area contributed by atoms with Crippen molar-refractivity contribution in [2.45, 2.75) is 79.3 Å². The number of unbranched alkanes of at least 4 members (excludes halogenated alkanes) is 1. The molecule has 0 spiro atoms. The van der Waals surface area contributed by atoms with E-state index in [0.29, 0.717) is 12.1 Å². The lowest BCUT2D eigenvalue weighted by Gasteiger charge is -2.20. The molecule has 0 saturated carbocycles. The van der Waals surface area contributed by atoms with Crippen LogP contribution >= 0.6 is 0 Å². The molecule has 0 aliphatic carbocycles. The van der Waals surface area contributed by atoms with Crippen LogP contribution in [0, 0.1) is 5.92 Å². The van der Waals surface area contributed by atoms with Gasteiger partial charge in [0.1, 0.15) is 0 Å². The maximum absolute atomic E-state index is 4.70. The van der Waals surface area contributed by atoms with Gasteiger partial charge in [-0.1, -0.05) is 13.8 Å². The van der Waals surface area contributed by atoms with E-state index in [1.165, 1.54) is 19.3 Å². The maximum atomic E-state index is 4.70. The van der Waals surface area contributed by atoms with Gasteiger partial charge in [0.25, 0.3) is 0 Å². The molecule has 0 amide bonds. The molecule has 4 nitrogen and oxygen atoms in total. The Morgan fingerprint density at radius 3 is 2.27 bits per heavy atom. The van der Waals surface area contributed by atoms with Crippen molar-refractivity contribution in [3.63, 3.8) is 0 Å². The Balaban J connectivity index is 4.04. The zero-order chi connectivity index (χ0) is 17.0. The van der Waals surface area contributed by atoms with E-state index in [4.69, 9.17) is 4.99 Å². The van der Waals surface area contributed by atoms with Gasteiger partial charge in [0, 0.05) is 25.2 Å². The van der Waals surface area contributed by atoms with E-state index < -0.39 is 0 Å². The molecule has 132 valence electrons. The first-order valence-electron chi connectivity index (χ1n) is 9.11. The molecule has 0 heterocycles. The van der Waals surface area contributed by atoms with Gasteiger partial charge in [-0.25, -0.2) is 0 Å². The number of hydrogen-bond donors (Lipinski definition) is 2.